The Balaban J connectivity index is 2.04. The molecule has 94 valence electrons. The number of nitrogens with zero attached hydrogens (tertiary/aromatic N) is 2. The third kappa shape index (κ3) is 2.65. The van der Waals surface area contributed by atoms with Gasteiger partial charge >= 0.3 is 0 Å². The molecule has 2 rings (SSSR count). The molecule has 0 unspecified atom stereocenters. The molecule has 1 aromatic carbocycles. The Morgan fingerprint density at radius 3 is 2.89 bits per heavy atom. The molecule has 5 nitrogen and oxygen atoms in total. The molecular weight excluding hydrogens is 250 g/mol. The lowest BCUT2D eigenvalue weighted by atomic mass is 10.2. The Bertz CT molecular complexity index is 554. The lowest BCUT2D eigenvalue weighted by Crippen LogP contribution is -2.24. The zero-order chi connectivity index (χ0) is 13.0. The summed E-state index contributed by atoms with van der Waals surface area (Å²) >= 11 is 1.22. The second-order valence-electron chi connectivity index (χ2n) is 3.67. The van der Waals surface area contributed by atoms with Gasteiger partial charge in [-0.3, -0.25) is 4.79 Å². The number of hydrogen-bond donors (Lipinski definition) is 1. The number of aromatic nitrogens is 2. The number of nitrogens with one attached hydrogen (secondary N) is 1. The number of methoxy groups -OCH3 is 1. The number of amides is 1. The van der Waals surface area contributed by atoms with E-state index in [9.17, 15) is 4.79 Å². The molecule has 1 heterocycles. The topological polar surface area (TPSA) is 64.1 Å². The van der Waals surface area contributed by atoms with Crippen molar-refractivity contribution in [1.29, 1.82) is 0 Å². The summed E-state index contributed by atoms with van der Waals surface area (Å²) in [5, 5.41) is 6.60. The van der Waals surface area contributed by atoms with Crippen LogP contribution in [0.4, 0.5) is 0 Å². The van der Waals surface area contributed by atoms with E-state index < -0.39 is 0 Å². The van der Waals surface area contributed by atoms with Crippen LogP contribution < -0.4 is 10.1 Å². The monoisotopic (exact) mass is 263 g/mol. The molecule has 0 atom stereocenters. The Hall–Kier alpha value is -1.95. The molecular formula is C12H13N3O2S. The second kappa shape index (κ2) is 5.59. The van der Waals surface area contributed by atoms with Crippen LogP contribution in [-0.2, 0) is 6.54 Å². The van der Waals surface area contributed by atoms with Crippen LogP contribution in [0, 0.1) is 6.92 Å². The maximum Gasteiger partial charge on any atom is 0.273 e. The van der Waals surface area contributed by atoms with Crippen LogP contribution in [0.1, 0.15) is 20.9 Å². The first kappa shape index (κ1) is 12.5. The SMILES string of the molecule is COc1ccccc1CNC(=O)c1nnsc1C. The van der Waals surface area contributed by atoms with Crippen molar-refractivity contribution in [2.24, 2.45) is 0 Å². The molecule has 0 radical (unpaired) electrons. The number of carbonyl (C=O) groups excluding carboxylic acids is 1. The van der Waals surface area contributed by atoms with Crippen LogP contribution in [-0.4, -0.2) is 22.6 Å². The van der Waals surface area contributed by atoms with Crippen molar-refractivity contribution in [3.8, 4) is 5.75 Å². The van der Waals surface area contributed by atoms with Crippen molar-refractivity contribution in [1.82, 2.24) is 14.9 Å². The van der Waals surface area contributed by atoms with Crippen LogP contribution in [0.2, 0.25) is 0 Å². The molecule has 18 heavy (non-hydrogen) atoms. The molecule has 0 aliphatic rings. The minimum absolute atomic E-state index is 0.216. The minimum atomic E-state index is -0.216. The smallest absolute Gasteiger partial charge is 0.273 e. The van der Waals surface area contributed by atoms with Gasteiger partial charge in [-0.15, -0.1) is 5.10 Å². The molecule has 0 saturated carbocycles. The van der Waals surface area contributed by atoms with Crippen molar-refractivity contribution < 1.29 is 9.53 Å². The fourth-order valence-electron chi connectivity index (χ4n) is 1.55. The Kier molecular flexibility index (Phi) is 3.88. The van der Waals surface area contributed by atoms with E-state index in [0.717, 1.165) is 16.2 Å². The first-order valence-electron chi connectivity index (χ1n) is 5.41. The summed E-state index contributed by atoms with van der Waals surface area (Å²) < 4.78 is 8.95. The predicted octanol–water partition coefficient (Wildman–Crippen LogP) is 1.79. The predicted molar refractivity (Wildman–Crippen MR) is 68.8 cm³/mol. The number of para-hydroxylation sites is 1. The second-order valence-corrected chi connectivity index (χ2v) is 4.63. The van der Waals surface area contributed by atoms with E-state index in [2.05, 4.69) is 14.9 Å². The van der Waals surface area contributed by atoms with Crippen molar-refractivity contribution in [3.63, 3.8) is 0 Å². The summed E-state index contributed by atoms with van der Waals surface area (Å²) in [4.78, 5) is 12.7. The highest BCUT2D eigenvalue weighted by Crippen LogP contribution is 2.17. The van der Waals surface area contributed by atoms with Crippen LogP contribution >= 0.6 is 11.5 Å². The van der Waals surface area contributed by atoms with Gasteiger partial charge in [-0.05, 0) is 24.5 Å². The zero-order valence-electron chi connectivity index (χ0n) is 10.1. The first-order valence-corrected chi connectivity index (χ1v) is 6.18. The summed E-state index contributed by atoms with van der Waals surface area (Å²) in [5.41, 5.74) is 1.31. The number of rotatable bonds is 4. The van der Waals surface area contributed by atoms with E-state index in [1.54, 1.807) is 7.11 Å². The Morgan fingerprint density at radius 1 is 1.44 bits per heavy atom. The largest absolute Gasteiger partial charge is 0.496 e. The van der Waals surface area contributed by atoms with E-state index >= 15 is 0 Å². The average molecular weight is 263 g/mol. The summed E-state index contributed by atoms with van der Waals surface area (Å²) in [6, 6.07) is 7.56. The average Bonchev–Trinajstić information content (AvgIpc) is 2.82. The van der Waals surface area contributed by atoms with Crippen LogP contribution in [0.25, 0.3) is 0 Å². The lowest BCUT2D eigenvalue weighted by Gasteiger charge is -2.08. The van der Waals surface area contributed by atoms with Crippen molar-refractivity contribution in [2.45, 2.75) is 13.5 Å². The molecule has 2 aromatic rings. The quantitative estimate of drug-likeness (QED) is 0.913. The maximum atomic E-state index is 11.9. The highest BCUT2D eigenvalue weighted by Gasteiger charge is 2.13. The van der Waals surface area contributed by atoms with Gasteiger partial charge in [0.05, 0.1) is 12.0 Å². The van der Waals surface area contributed by atoms with Gasteiger partial charge < -0.3 is 10.1 Å². The van der Waals surface area contributed by atoms with Gasteiger partial charge in [0.25, 0.3) is 5.91 Å². The standard InChI is InChI=1S/C12H13N3O2S/c1-8-11(14-15-18-8)12(16)13-7-9-5-3-4-6-10(9)17-2/h3-6H,7H2,1-2H3,(H,13,16). The molecule has 0 bridgehead atoms. The van der Waals surface area contributed by atoms with E-state index in [-0.39, 0.29) is 5.91 Å². The number of carbonyl (C=O) groups is 1. The van der Waals surface area contributed by atoms with Gasteiger partial charge in [-0.2, -0.15) is 0 Å². The van der Waals surface area contributed by atoms with Crippen LogP contribution in [0.5, 0.6) is 5.75 Å². The number of benzene rings is 1. The summed E-state index contributed by atoms with van der Waals surface area (Å²) in [7, 11) is 1.61. The van der Waals surface area contributed by atoms with E-state index in [1.165, 1.54) is 11.5 Å². The van der Waals surface area contributed by atoms with Gasteiger partial charge in [-0.25, -0.2) is 0 Å². The molecule has 1 N–H and O–H groups in total. The van der Waals surface area contributed by atoms with Gasteiger partial charge in [0.1, 0.15) is 5.75 Å². The Morgan fingerprint density at radius 2 is 2.22 bits per heavy atom. The maximum absolute atomic E-state index is 11.9. The highest BCUT2D eigenvalue weighted by atomic mass is 32.1. The molecule has 1 aromatic heterocycles. The number of hydrogen-bond acceptors (Lipinski definition) is 5. The molecule has 0 saturated heterocycles. The third-order valence-corrected chi connectivity index (χ3v) is 3.13. The molecule has 0 aliphatic heterocycles. The van der Waals surface area contributed by atoms with Gasteiger partial charge in [-0.1, -0.05) is 22.7 Å². The van der Waals surface area contributed by atoms with Gasteiger partial charge in [0.15, 0.2) is 5.69 Å². The third-order valence-electron chi connectivity index (χ3n) is 2.50. The fourth-order valence-corrected chi connectivity index (χ4v) is 2.01. The van der Waals surface area contributed by atoms with E-state index in [4.69, 9.17) is 4.74 Å². The highest BCUT2D eigenvalue weighted by molar-refractivity contribution is 7.05. The normalized spacial score (nSPS) is 10.1. The van der Waals surface area contributed by atoms with Crippen molar-refractivity contribution in [2.75, 3.05) is 7.11 Å². The summed E-state index contributed by atoms with van der Waals surface area (Å²) in [6.07, 6.45) is 0. The molecule has 0 aliphatic carbocycles. The minimum Gasteiger partial charge on any atom is -0.496 e. The van der Waals surface area contributed by atoms with E-state index in [1.807, 2.05) is 31.2 Å². The van der Waals surface area contributed by atoms with Gasteiger partial charge in [0, 0.05) is 12.1 Å². The molecule has 1 amide bonds. The van der Waals surface area contributed by atoms with Crippen molar-refractivity contribution >= 4 is 17.4 Å². The molecule has 0 spiro atoms. The zero-order valence-corrected chi connectivity index (χ0v) is 11.0. The van der Waals surface area contributed by atoms with Crippen molar-refractivity contribution in [3.05, 3.63) is 40.4 Å². The Labute approximate surface area is 109 Å². The molecule has 0 fully saturated rings. The fraction of sp³-hybridized carbons (Fsp3) is 0.250. The van der Waals surface area contributed by atoms with E-state index in [0.29, 0.717) is 12.2 Å². The molecule has 6 heteroatoms. The number of aryl methyl sites for hydroxylation is 1. The summed E-state index contributed by atoms with van der Waals surface area (Å²) in [6.45, 7) is 2.22. The first-order chi connectivity index (χ1) is 8.72. The van der Waals surface area contributed by atoms with Gasteiger partial charge in [0.2, 0.25) is 0 Å². The lowest BCUT2D eigenvalue weighted by molar-refractivity contribution is 0.0945. The van der Waals surface area contributed by atoms with Crippen LogP contribution in [0.3, 0.4) is 0 Å². The summed E-state index contributed by atoms with van der Waals surface area (Å²) in [5.74, 6) is 0.540. The van der Waals surface area contributed by atoms with Crippen LogP contribution in [0.15, 0.2) is 24.3 Å². The number of ether oxygens (including phenoxy) is 1.